The van der Waals surface area contributed by atoms with Crippen LogP contribution in [0.15, 0.2) is 48.8 Å². The number of nitrogens with zero attached hydrogens (tertiary/aromatic N) is 4. The van der Waals surface area contributed by atoms with Crippen molar-refractivity contribution >= 4 is 0 Å². The van der Waals surface area contributed by atoms with Gasteiger partial charge in [0.15, 0.2) is 0 Å². The van der Waals surface area contributed by atoms with Gasteiger partial charge >= 0.3 is 0 Å². The summed E-state index contributed by atoms with van der Waals surface area (Å²) in [5.74, 6) is 0. The lowest BCUT2D eigenvalue weighted by atomic mass is 10.2. The summed E-state index contributed by atoms with van der Waals surface area (Å²) < 4.78 is 0. The number of pyridine rings is 2. The van der Waals surface area contributed by atoms with Crippen molar-refractivity contribution in [3.63, 3.8) is 0 Å². The van der Waals surface area contributed by atoms with Gasteiger partial charge < -0.3 is 9.80 Å². The van der Waals surface area contributed by atoms with Crippen molar-refractivity contribution in [1.29, 1.82) is 0 Å². The molecule has 4 heteroatoms. The SMILES string of the molecule is c1ccc(CCN2CCCN(CCc3ccccn3)CCC2)nc1. The molecule has 2 aromatic rings. The van der Waals surface area contributed by atoms with Crippen molar-refractivity contribution in [2.24, 2.45) is 0 Å². The first kappa shape index (κ1) is 17.1. The van der Waals surface area contributed by atoms with E-state index in [1.54, 1.807) is 0 Å². The van der Waals surface area contributed by atoms with Gasteiger partial charge in [0, 0.05) is 49.7 Å². The Morgan fingerprint density at radius 3 is 1.50 bits per heavy atom. The topological polar surface area (TPSA) is 32.3 Å². The summed E-state index contributed by atoms with van der Waals surface area (Å²) in [4.78, 5) is 14.1. The second kappa shape index (κ2) is 9.50. The Morgan fingerprint density at radius 2 is 1.12 bits per heavy atom. The highest BCUT2D eigenvalue weighted by atomic mass is 15.2. The Balaban J connectivity index is 1.37. The summed E-state index contributed by atoms with van der Waals surface area (Å²) in [5, 5.41) is 0. The molecule has 1 aliphatic rings. The number of aromatic nitrogens is 2. The summed E-state index contributed by atoms with van der Waals surface area (Å²) in [6.07, 6.45) is 8.41. The van der Waals surface area contributed by atoms with E-state index in [4.69, 9.17) is 0 Å². The van der Waals surface area contributed by atoms with Crippen LogP contribution in [0.5, 0.6) is 0 Å². The van der Waals surface area contributed by atoms with Gasteiger partial charge in [-0.2, -0.15) is 0 Å². The zero-order valence-electron chi connectivity index (χ0n) is 14.5. The van der Waals surface area contributed by atoms with Crippen molar-refractivity contribution in [2.45, 2.75) is 25.7 Å². The number of hydrogen-bond donors (Lipinski definition) is 0. The lowest BCUT2D eigenvalue weighted by Gasteiger charge is -2.30. The monoisotopic (exact) mass is 324 g/mol. The molecule has 3 heterocycles. The van der Waals surface area contributed by atoms with E-state index < -0.39 is 0 Å². The average molecular weight is 324 g/mol. The third-order valence-corrected chi connectivity index (χ3v) is 4.72. The lowest BCUT2D eigenvalue weighted by Crippen LogP contribution is -2.38. The van der Waals surface area contributed by atoms with E-state index in [2.05, 4.69) is 44.0 Å². The van der Waals surface area contributed by atoms with E-state index in [1.165, 1.54) is 50.4 Å². The fraction of sp³-hybridized carbons (Fsp3) is 0.500. The van der Waals surface area contributed by atoms with Gasteiger partial charge in [-0.3, -0.25) is 9.97 Å². The Morgan fingerprint density at radius 1 is 0.667 bits per heavy atom. The molecule has 3 rings (SSSR count). The minimum atomic E-state index is 1.06. The summed E-state index contributed by atoms with van der Waals surface area (Å²) in [7, 11) is 0. The van der Waals surface area contributed by atoms with Gasteiger partial charge in [-0.05, 0) is 63.3 Å². The van der Waals surface area contributed by atoms with E-state index in [9.17, 15) is 0 Å². The van der Waals surface area contributed by atoms with Crippen LogP contribution in [0.3, 0.4) is 0 Å². The van der Waals surface area contributed by atoms with Crippen LogP contribution in [0.1, 0.15) is 24.2 Å². The Labute approximate surface area is 145 Å². The fourth-order valence-electron chi connectivity index (χ4n) is 3.34. The minimum absolute atomic E-state index is 1.06. The van der Waals surface area contributed by atoms with Gasteiger partial charge in [0.25, 0.3) is 0 Å². The fourth-order valence-corrected chi connectivity index (χ4v) is 3.34. The largest absolute Gasteiger partial charge is 0.303 e. The maximum Gasteiger partial charge on any atom is 0.0416 e. The zero-order valence-corrected chi connectivity index (χ0v) is 14.5. The van der Waals surface area contributed by atoms with Gasteiger partial charge in [-0.1, -0.05) is 12.1 Å². The third-order valence-electron chi connectivity index (χ3n) is 4.72. The molecule has 1 saturated heterocycles. The van der Waals surface area contributed by atoms with Gasteiger partial charge in [0.1, 0.15) is 0 Å². The zero-order chi connectivity index (χ0) is 16.5. The minimum Gasteiger partial charge on any atom is -0.303 e. The predicted octanol–water partition coefficient (Wildman–Crippen LogP) is 2.66. The molecule has 0 bridgehead atoms. The molecular formula is C20H28N4. The second-order valence-corrected chi connectivity index (χ2v) is 6.53. The highest BCUT2D eigenvalue weighted by molar-refractivity contribution is 5.04. The average Bonchev–Trinajstić information content (AvgIpc) is 2.62. The standard InChI is InChI=1S/C20H28N4/c1-3-11-21-19(7-1)9-17-23-13-5-15-24(16-6-14-23)18-10-20-8-2-4-12-22-20/h1-4,7-8,11-12H,5-6,9-10,13-18H2. The van der Waals surface area contributed by atoms with E-state index in [0.29, 0.717) is 0 Å². The Bertz CT molecular complexity index is 511. The summed E-state index contributed by atoms with van der Waals surface area (Å²) >= 11 is 0. The summed E-state index contributed by atoms with van der Waals surface area (Å²) in [6, 6.07) is 12.4. The number of rotatable bonds is 6. The van der Waals surface area contributed by atoms with Crippen LogP contribution in [0.25, 0.3) is 0 Å². The van der Waals surface area contributed by atoms with Gasteiger partial charge in [-0.15, -0.1) is 0 Å². The van der Waals surface area contributed by atoms with E-state index in [0.717, 1.165) is 25.9 Å². The molecule has 24 heavy (non-hydrogen) atoms. The van der Waals surface area contributed by atoms with E-state index in [1.807, 2.05) is 24.5 Å². The molecule has 4 nitrogen and oxygen atoms in total. The summed E-state index contributed by atoms with van der Waals surface area (Å²) in [5.41, 5.74) is 2.41. The lowest BCUT2D eigenvalue weighted by molar-refractivity contribution is 0.183. The highest BCUT2D eigenvalue weighted by Gasteiger charge is 2.13. The van der Waals surface area contributed by atoms with Crippen LogP contribution < -0.4 is 0 Å². The molecule has 0 radical (unpaired) electrons. The maximum absolute atomic E-state index is 4.43. The molecule has 1 fully saturated rings. The van der Waals surface area contributed by atoms with Crippen LogP contribution in [0.4, 0.5) is 0 Å². The molecule has 0 spiro atoms. The first-order valence-corrected chi connectivity index (χ1v) is 9.15. The normalized spacial score (nSPS) is 17.3. The van der Waals surface area contributed by atoms with Gasteiger partial charge in [-0.25, -0.2) is 0 Å². The Kier molecular flexibility index (Phi) is 6.75. The molecule has 0 atom stereocenters. The predicted molar refractivity (Wildman–Crippen MR) is 98.0 cm³/mol. The molecule has 0 N–H and O–H groups in total. The molecule has 0 aliphatic carbocycles. The van der Waals surface area contributed by atoms with Crippen LogP contribution in [-0.2, 0) is 12.8 Å². The van der Waals surface area contributed by atoms with Crippen molar-refractivity contribution in [1.82, 2.24) is 19.8 Å². The van der Waals surface area contributed by atoms with Crippen molar-refractivity contribution in [3.05, 3.63) is 60.2 Å². The molecule has 0 saturated carbocycles. The Hall–Kier alpha value is -1.78. The molecule has 1 aliphatic heterocycles. The van der Waals surface area contributed by atoms with Gasteiger partial charge in [0.05, 0.1) is 0 Å². The number of hydrogen-bond acceptors (Lipinski definition) is 4. The second-order valence-electron chi connectivity index (χ2n) is 6.53. The van der Waals surface area contributed by atoms with Gasteiger partial charge in [0.2, 0.25) is 0 Å². The molecular weight excluding hydrogens is 296 g/mol. The van der Waals surface area contributed by atoms with E-state index >= 15 is 0 Å². The third kappa shape index (κ3) is 5.69. The molecule has 0 unspecified atom stereocenters. The highest BCUT2D eigenvalue weighted by Crippen LogP contribution is 2.07. The first-order chi connectivity index (χ1) is 11.9. The van der Waals surface area contributed by atoms with Crippen LogP contribution in [-0.4, -0.2) is 59.0 Å². The first-order valence-electron chi connectivity index (χ1n) is 9.15. The van der Waals surface area contributed by atoms with Crippen LogP contribution >= 0.6 is 0 Å². The van der Waals surface area contributed by atoms with E-state index in [-0.39, 0.29) is 0 Å². The molecule has 0 aromatic carbocycles. The van der Waals surface area contributed by atoms with Crippen LogP contribution in [0, 0.1) is 0 Å². The maximum atomic E-state index is 4.43. The molecule has 0 amide bonds. The van der Waals surface area contributed by atoms with Crippen molar-refractivity contribution in [2.75, 3.05) is 39.3 Å². The molecule has 2 aromatic heterocycles. The van der Waals surface area contributed by atoms with Crippen LogP contribution in [0.2, 0.25) is 0 Å². The quantitative estimate of drug-likeness (QED) is 0.818. The van der Waals surface area contributed by atoms with Crippen molar-refractivity contribution < 1.29 is 0 Å². The smallest absolute Gasteiger partial charge is 0.0416 e. The van der Waals surface area contributed by atoms with Crippen molar-refractivity contribution in [3.8, 4) is 0 Å². The molecule has 128 valence electrons. The summed E-state index contributed by atoms with van der Waals surface area (Å²) in [6.45, 7) is 7.07.